The van der Waals surface area contributed by atoms with Gasteiger partial charge in [0.05, 0.1) is 13.2 Å². The first-order valence-corrected chi connectivity index (χ1v) is 26.1. The minimum atomic E-state index is -4.71. The molecule has 0 aromatic carbocycles. The number of carboxylic acid groups (broad SMARTS) is 1. The van der Waals surface area contributed by atoms with Crippen LogP contribution < -0.4 is 5.73 Å². The first-order chi connectivity index (χ1) is 28.6. The number of nitrogens with two attached hydrogens (primary N) is 1. The normalized spacial score (nSPS) is 13.6. The summed E-state index contributed by atoms with van der Waals surface area (Å²) in [5, 5.41) is 8.90. The van der Waals surface area contributed by atoms with Crippen LogP contribution in [0.3, 0.4) is 0 Å². The van der Waals surface area contributed by atoms with Crippen LogP contribution in [-0.4, -0.2) is 59.9 Å². The van der Waals surface area contributed by atoms with E-state index in [-0.39, 0.29) is 19.4 Å². The molecule has 0 aromatic heterocycles. The fraction of sp³-hybridized carbons (Fsp3) is 0.936. The van der Waals surface area contributed by atoms with Gasteiger partial charge in [-0.3, -0.25) is 23.4 Å². The SMILES string of the molecule is CCCCCCCCCCCCCCCCCCCCCCCCCC(=O)OC[C@@H](COP(=O)(O)OC[C@H](N)C(=O)O)OC(=O)CCCCCCCCCCCCCC. The van der Waals surface area contributed by atoms with Gasteiger partial charge >= 0.3 is 25.7 Å². The molecule has 0 rings (SSSR count). The zero-order valence-electron chi connectivity index (χ0n) is 38.1. The third-order valence-corrected chi connectivity index (χ3v) is 12.1. The predicted octanol–water partition coefficient (Wildman–Crippen LogP) is 13.5. The van der Waals surface area contributed by atoms with Gasteiger partial charge in [0, 0.05) is 12.8 Å². The lowest BCUT2D eigenvalue weighted by molar-refractivity contribution is -0.161. The Morgan fingerprint density at radius 1 is 0.458 bits per heavy atom. The van der Waals surface area contributed by atoms with E-state index >= 15 is 0 Å². The molecule has 59 heavy (non-hydrogen) atoms. The van der Waals surface area contributed by atoms with Crippen LogP contribution in [-0.2, 0) is 37.5 Å². The standard InChI is InChI=1S/C47H92NO10P/c1-3-5-7-9-11-13-15-17-18-19-20-21-22-23-24-25-26-27-29-30-32-34-36-38-45(49)55-40-43(41-56-59(53,54)57-42-44(48)47(51)52)58-46(50)39-37-35-33-31-28-16-14-12-10-8-6-4-2/h43-44H,3-42,48H2,1-2H3,(H,51,52)(H,53,54)/t43-,44-/m0/s1. The summed E-state index contributed by atoms with van der Waals surface area (Å²) >= 11 is 0. The van der Waals surface area contributed by atoms with Crippen molar-refractivity contribution in [2.24, 2.45) is 5.73 Å². The Morgan fingerprint density at radius 3 is 1.07 bits per heavy atom. The molecule has 0 radical (unpaired) electrons. The lowest BCUT2D eigenvalue weighted by atomic mass is 10.0. The van der Waals surface area contributed by atoms with Crippen molar-refractivity contribution in [3.05, 3.63) is 0 Å². The van der Waals surface area contributed by atoms with Gasteiger partial charge in [0.25, 0.3) is 0 Å². The largest absolute Gasteiger partial charge is 0.480 e. The molecule has 0 bridgehead atoms. The number of esters is 2. The van der Waals surface area contributed by atoms with Gasteiger partial charge in [0.15, 0.2) is 6.10 Å². The highest BCUT2D eigenvalue weighted by Gasteiger charge is 2.28. The Bertz CT molecular complexity index is 1020. The van der Waals surface area contributed by atoms with Gasteiger partial charge < -0.3 is 25.2 Å². The van der Waals surface area contributed by atoms with E-state index in [1.54, 1.807) is 0 Å². The Balaban J connectivity index is 4.13. The average Bonchev–Trinajstić information content (AvgIpc) is 3.21. The number of phosphoric acid groups is 1. The summed E-state index contributed by atoms with van der Waals surface area (Å²) in [7, 11) is -4.71. The number of carbonyl (C=O) groups excluding carboxylic acids is 2. The number of aliphatic carboxylic acids is 1. The fourth-order valence-electron chi connectivity index (χ4n) is 7.24. The summed E-state index contributed by atoms with van der Waals surface area (Å²) in [6.07, 6.45) is 43.2. The van der Waals surface area contributed by atoms with Gasteiger partial charge in [-0.2, -0.15) is 0 Å². The smallest absolute Gasteiger partial charge is 0.472 e. The highest BCUT2D eigenvalue weighted by Crippen LogP contribution is 2.43. The van der Waals surface area contributed by atoms with Crippen molar-refractivity contribution in [2.45, 2.75) is 264 Å². The van der Waals surface area contributed by atoms with Crippen molar-refractivity contribution in [3.63, 3.8) is 0 Å². The molecule has 0 saturated carbocycles. The van der Waals surface area contributed by atoms with Crippen molar-refractivity contribution < 1.29 is 47.5 Å². The van der Waals surface area contributed by atoms with Gasteiger partial charge in [0.2, 0.25) is 0 Å². The second-order valence-electron chi connectivity index (χ2n) is 17.0. The number of carboxylic acids is 1. The molecule has 3 atom stereocenters. The summed E-state index contributed by atoms with van der Waals surface area (Å²) in [4.78, 5) is 46.0. The zero-order valence-corrected chi connectivity index (χ0v) is 39.0. The van der Waals surface area contributed by atoms with Crippen LogP contribution in [0.1, 0.15) is 251 Å². The number of hydrogen-bond donors (Lipinski definition) is 3. The van der Waals surface area contributed by atoms with Crippen molar-refractivity contribution in [1.82, 2.24) is 0 Å². The quantitative estimate of drug-likeness (QED) is 0.0302. The highest BCUT2D eigenvalue weighted by atomic mass is 31.2. The minimum absolute atomic E-state index is 0.169. The lowest BCUT2D eigenvalue weighted by Gasteiger charge is -2.20. The van der Waals surface area contributed by atoms with Gasteiger partial charge in [0.1, 0.15) is 12.6 Å². The second-order valence-corrected chi connectivity index (χ2v) is 18.4. The number of carbonyl (C=O) groups is 3. The molecule has 1 unspecified atom stereocenters. The molecule has 0 aliphatic rings. The summed E-state index contributed by atoms with van der Waals surface area (Å²) in [5.41, 5.74) is 5.34. The molecular formula is C47H92NO10P. The predicted molar refractivity (Wildman–Crippen MR) is 240 cm³/mol. The minimum Gasteiger partial charge on any atom is -0.480 e. The van der Waals surface area contributed by atoms with E-state index in [0.29, 0.717) is 12.8 Å². The maximum absolute atomic E-state index is 12.6. The summed E-state index contributed by atoms with van der Waals surface area (Å²) < 4.78 is 32.8. The van der Waals surface area contributed by atoms with Crippen molar-refractivity contribution >= 4 is 25.7 Å². The maximum Gasteiger partial charge on any atom is 0.472 e. The Morgan fingerprint density at radius 2 is 0.746 bits per heavy atom. The second kappa shape index (κ2) is 43.1. The van der Waals surface area contributed by atoms with Gasteiger partial charge in [-0.1, -0.05) is 226 Å². The molecule has 0 fully saturated rings. The van der Waals surface area contributed by atoms with E-state index in [4.69, 9.17) is 24.8 Å². The third-order valence-electron chi connectivity index (χ3n) is 11.1. The number of ether oxygens (including phenoxy) is 2. The number of hydrogen-bond acceptors (Lipinski definition) is 9. The van der Waals surface area contributed by atoms with Crippen molar-refractivity contribution in [3.8, 4) is 0 Å². The lowest BCUT2D eigenvalue weighted by Crippen LogP contribution is -2.34. The molecule has 0 heterocycles. The Kier molecular flexibility index (Phi) is 42.0. The number of rotatable bonds is 47. The molecule has 0 amide bonds. The Labute approximate surface area is 361 Å². The van der Waals surface area contributed by atoms with Crippen LogP contribution in [0.15, 0.2) is 0 Å². The molecule has 12 heteroatoms. The molecule has 11 nitrogen and oxygen atoms in total. The van der Waals surface area contributed by atoms with Gasteiger partial charge in [-0.15, -0.1) is 0 Å². The van der Waals surface area contributed by atoms with Crippen molar-refractivity contribution in [1.29, 1.82) is 0 Å². The molecular weight excluding hydrogens is 769 g/mol. The van der Waals surface area contributed by atoms with E-state index in [1.807, 2.05) is 0 Å². The number of unbranched alkanes of at least 4 members (excludes halogenated alkanes) is 33. The van der Waals surface area contributed by atoms with E-state index in [1.165, 1.54) is 173 Å². The fourth-order valence-corrected chi connectivity index (χ4v) is 8.02. The van der Waals surface area contributed by atoms with E-state index in [0.717, 1.165) is 38.5 Å². The van der Waals surface area contributed by atoms with Crippen molar-refractivity contribution in [2.75, 3.05) is 19.8 Å². The van der Waals surface area contributed by atoms with E-state index in [2.05, 4.69) is 18.4 Å². The summed E-state index contributed by atoms with van der Waals surface area (Å²) in [6.45, 7) is 2.84. The molecule has 0 aliphatic heterocycles. The van der Waals surface area contributed by atoms with Crippen LogP contribution in [0.4, 0.5) is 0 Å². The monoisotopic (exact) mass is 862 g/mol. The molecule has 4 N–H and O–H groups in total. The van der Waals surface area contributed by atoms with Crippen LogP contribution >= 0.6 is 7.82 Å². The molecule has 350 valence electrons. The molecule has 0 aliphatic carbocycles. The topological polar surface area (TPSA) is 172 Å². The van der Waals surface area contributed by atoms with E-state index in [9.17, 15) is 23.8 Å². The average molecular weight is 862 g/mol. The van der Waals surface area contributed by atoms with Gasteiger partial charge in [-0.25, -0.2) is 4.57 Å². The Hall–Kier alpha value is -1.52. The van der Waals surface area contributed by atoms with Gasteiger partial charge in [-0.05, 0) is 12.8 Å². The van der Waals surface area contributed by atoms with Crippen LogP contribution in [0, 0.1) is 0 Å². The maximum atomic E-state index is 12.6. The van der Waals surface area contributed by atoms with Crippen LogP contribution in [0.25, 0.3) is 0 Å². The summed E-state index contributed by atoms with van der Waals surface area (Å²) in [6, 6.07) is -1.52. The van der Waals surface area contributed by atoms with Crippen LogP contribution in [0.5, 0.6) is 0 Å². The first-order valence-electron chi connectivity index (χ1n) is 24.6. The van der Waals surface area contributed by atoms with E-state index < -0.39 is 51.1 Å². The number of phosphoric ester groups is 1. The van der Waals surface area contributed by atoms with Crippen LogP contribution in [0.2, 0.25) is 0 Å². The first kappa shape index (κ1) is 57.5. The molecule has 0 spiro atoms. The molecule has 0 saturated heterocycles. The highest BCUT2D eigenvalue weighted by molar-refractivity contribution is 7.47. The molecule has 0 aromatic rings. The third kappa shape index (κ3) is 42.9. The zero-order chi connectivity index (χ0) is 43.5. The summed E-state index contributed by atoms with van der Waals surface area (Å²) in [5.74, 6) is -2.35.